The third kappa shape index (κ3) is 3.14. The molecule has 20 heavy (non-hydrogen) atoms. The highest BCUT2D eigenvalue weighted by molar-refractivity contribution is 5.93. The molecule has 0 saturated carbocycles. The number of aromatic nitrogens is 2. The molecule has 0 saturated heterocycles. The molecule has 8 heteroatoms. The van der Waals surface area contributed by atoms with Crippen LogP contribution in [0.4, 0.5) is 13.2 Å². The lowest BCUT2D eigenvalue weighted by atomic mass is 10.2. The van der Waals surface area contributed by atoms with E-state index in [4.69, 9.17) is 0 Å². The smallest absolute Gasteiger partial charge is 0.438 e. The number of rotatable bonds is 3. The molecule has 1 N–H and O–H groups in total. The van der Waals surface area contributed by atoms with Gasteiger partial charge in [-0.15, -0.1) is 0 Å². The van der Waals surface area contributed by atoms with Crippen LogP contribution in [0.5, 0.6) is 0 Å². The van der Waals surface area contributed by atoms with E-state index >= 15 is 0 Å². The monoisotopic (exact) mass is 285 g/mol. The summed E-state index contributed by atoms with van der Waals surface area (Å²) in [6, 6.07) is 3.37. The number of amides is 1. The second kappa shape index (κ2) is 5.32. The van der Waals surface area contributed by atoms with Gasteiger partial charge >= 0.3 is 6.18 Å². The molecule has 0 bridgehead atoms. The molecule has 106 valence electrons. The Bertz CT molecular complexity index is 622. The minimum Gasteiger partial charge on any atom is -0.438 e. The van der Waals surface area contributed by atoms with Gasteiger partial charge in [0.1, 0.15) is 0 Å². The predicted octanol–water partition coefficient (Wildman–Crippen LogP) is 2.33. The normalized spacial score (nSPS) is 11.4. The van der Waals surface area contributed by atoms with Crippen LogP contribution in [0.3, 0.4) is 0 Å². The zero-order valence-corrected chi connectivity index (χ0v) is 10.4. The Kier molecular flexibility index (Phi) is 3.73. The van der Waals surface area contributed by atoms with Crippen molar-refractivity contribution < 1.29 is 22.4 Å². The molecule has 2 heterocycles. The quantitative estimate of drug-likeness (QED) is 0.939. The summed E-state index contributed by atoms with van der Waals surface area (Å²) in [4.78, 5) is 19.0. The van der Waals surface area contributed by atoms with Gasteiger partial charge in [-0.25, -0.2) is 4.98 Å². The van der Waals surface area contributed by atoms with E-state index < -0.39 is 23.5 Å². The first-order valence-corrected chi connectivity index (χ1v) is 5.58. The summed E-state index contributed by atoms with van der Waals surface area (Å²) in [6.45, 7) is 1.84. The third-order valence-electron chi connectivity index (χ3n) is 2.45. The Morgan fingerprint density at radius 2 is 2.15 bits per heavy atom. The first-order chi connectivity index (χ1) is 9.38. The molecule has 0 atom stereocenters. The Morgan fingerprint density at radius 1 is 1.40 bits per heavy atom. The number of oxazole rings is 1. The van der Waals surface area contributed by atoms with Gasteiger partial charge in [-0.3, -0.25) is 9.78 Å². The van der Waals surface area contributed by atoms with Crippen LogP contribution in [-0.4, -0.2) is 15.9 Å². The van der Waals surface area contributed by atoms with Crippen molar-refractivity contribution >= 4 is 5.91 Å². The van der Waals surface area contributed by atoms with E-state index in [1.54, 1.807) is 25.3 Å². The maximum absolute atomic E-state index is 12.5. The van der Waals surface area contributed by atoms with Crippen molar-refractivity contribution in [2.45, 2.75) is 19.6 Å². The lowest BCUT2D eigenvalue weighted by Gasteiger charge is -2.06. The molecular formula is C12H10F3N3O2. The fourth-order valence-electron chi connectivity index (χ4n) is 1.59. The number of nitrogens with one attached hydrogen (secondary N) is 1. The van der Waals surface area contributed by atoms with Gasteiger partial charge in [0, 0.05) is 18.4 Å². The molecule has 0 spiro atoms. The maximum atomic E-state index is 12.5. The second-order valence-corrected chi connectivity index (χ2v) is 4.02. The highest BCUT2D eigenvalue weighted by Gasteiger charge is 2.40. The lowest BCUT2D eigenvalue weighted by molar-refractivity contribution is -0.153. The number of halogens is 3. The molecule has 0 unspecified atom stereocenters. The highest BCUT2D eigenvalue weighted by Crippen LogP contribution is 2.31. The first-order valence-electron chi connectivity index (χ1n) is 5.58. The van der Waals surface area contributed by atoms with Gasteiger partial charge in [-0.05, 0) is 24.6 Å². The second-order valence-electron chi connectivity index (χ2n) is 4.02. The van der Waals surface area contributed by atoms with Crippen LogP contribution in [0.25, 0.3) is 0 Å². The van der Waals surface area contributed by atoms with E-state index in [1.807, 2.05) is 0 Å². The number of carbonyl (C=O) groups is 1. The molecule has 5 nitrogen and oxygen atoms in total. The SMILES string of the molecule is Cc1cc(CNC(=O)c2ncoc2C(F)(F)F)ccn1. The number of hydrogen-bond donors (Lipinski definition) is 1. The number of aryl methyl sites for hydroxylation is 1. The zero-order valence-electron chi connectivity index (χ0n) is 10.4. The Morgan fingerprint density at radius 3 is 2.80 bits per heavy atom. The third-order valence-corrected chi connectivity index (χ3v) is 2.45. The summed E-state index contributed by atoms with van der Waals surface area (Å²) >= 11 is 0. The fraction of sp³-hybridized carbons (Fsp3) is 0.250. The van der Waals surface area contributed by atoms with E-state index in [0.29, 0.717) is 6.39 Å². The molecular weight excluding hydrogens is 275 g/mol. The van der Waals surface area contributed by atoms with Crippen LogP contribution in [0.15, 0.2) is 29.1 Å². The van der Waals surface area contributed by atoms with Crippen LogP contribution >= 0.6 is 0 Å². The Hall–Kier alpha value is -2.38. The summed E-state index contributed by atoms with van der Waals surface area (Å²) in [5.41, 5.74) is 0.695. The van der Waals surface area contributed by atoms with Gasteiger partial charge in [-0.2, -0.15) is 13.2 Å². The maximum Gasteiger partial charge on any atom is 0.452 e. The van der Waals surface area contributed by atoms with Crippen LogP contribution in [0, 0.1) is 6.92 Å². The topological polar surface area (TPSA) is 68.0 Å². The molecule has 0 aliphatic carbocycles. The van der Waals surface area contributed by atoms with E-state index in [2.05, 4.69) is 19.7 Å². The van der Waals surface area contributed by atoms with Crippen molar-refractivity contribution in [3.05, 3.63) is 47.4 Å². The van der Waals surface area contributed by atoms with Crippen LogP contribution in [0.2, 0.25) is 0 Å². The van der Waals surface area contributed by atoms with E-state index in [1.165, 1.54) is 0 Å². The van der Waals surface area contributed by atoms with Crippen LogP contribution in [-0.2, 0) is 12.7 Å². The number of hydrogen-bond acceptors (Lipinski definition) is 4. The lowest BCUT2D eigenvalue weighted by Crippen LogP contribution is -2.25. The van der Waals surface area contributed by atoms with Crippen molar-refractivity contribution in [3.63, 3.8) is 0 Å². The molecule has 0 aromatic carbocycles. The first kappa shape index (κ1) is 14.0. The Labute approximate surface area is 111 Å². The summed E-state index contributed by atoms with van der Waals surface area (Å²) in [7, 11) is 0. The number of nitrogens with zero attached hydrogens (tertiary/aromatic N) is 2. The molecule has 2 aromatic heterocycles. The zero-order chi connectivity index (χ0) is 14.8. The largest absolute Gasteiger partial charge is 0.452 e. The van der Waals surface area contributed by atoms with Crippen molar-refractivity contribution in [2.24, 2.45) is 0 Å². The van der Waals surface area contributed by atoms with Crippen LogP contribution < -0.4 is 5.32 Å². The highest BCUT2D eigenvalue weighted by atomic mass is 19.4. The fourth-order valence-corrected chi connectivity index (χ4v) is 1.59. The van der Waals surface area contributed by atoms with Crippen molar-refractivity contribution in [1.29, 1.82) is 0 Å². The summed E-state index contributed by atoms with van der Waals surface area (Å²) in [6.07, 6.45) is -2.61. The van der Waals surface area contributed by atoms with Gasteiger partial charge < -0.3 is 9.73 Å². The predicted molar refractivity (Wildman–Crippen MR) is 61.6 cm³/mol. The standard InChI is InChI=1S/C12H10F3N3O2/c1-7-4-8(2-3-16-7)5-17-11(19)9-10(12(13,14)15)20-6-18-9/h2-4,6H,5H2,1H3,(H,17,19). The average Bonchev–Trinajstić information content (AvgIpc) is 2.85. The molecule has 2 aromatic rings. The van der Waals surface area contributed by atoms with E-state index in [9.17, 15) is 18.0 Å². The number of pyridine rings is 1. The van der Waals surface area contributed by atoms with E-state index in [0.717, 1.165) is 11.3 Å². The van der Waals surface area contributed by atoms with Gasteiger partial charge in [0.15, 0.2) is 12.1 Å². The van der Waals surface area contributed by atoms with Gasteiger partial charge in [0.05, 0.1) is 0 Å². The molecule has 0 aliphatic rings. The average molecular weight is 285 g/mol. The van der Waals surface area contributed by atoms with Crippen molar-refractivity contribution in [3.8, 4) is 0 Å². The number of carbonyl (C=O) groups excluding carboxylic acids is 1. The van der Waals surface area contributed by atoms with Crippen molar-refractivity contribution in [2.75, 3.05) is 0 Å². The van der Waals surface area contributed by atoms with Gasteiger partial charge in [0.25, 0.3) is 5.91 Å². The van der Waals surface area contributed by atoms with Gasteiger partial charge in [0.2, 0.25) is 5.76 Å². The minimum absolute atomic E-state index is 0.0757. The molecule has 0 radical (unpaired) electrons. The minimum atomic E-state index is -4.75. The number of alkyl halides is 3. The molecule has 2 rings (SSSR count). The molecule has 1 amide bonds. The summed E-state index contributed by atoms with van der Waals surface area (Å²) < 4.78 is 41.8. The Balaban J connectivity index is 2.08. The van der Waals surface area contributed by atoms with Crippen LogP contribution in [0.1, 0.15) is 27.5 Å². The summed E-state index contributed by atoms with van der Waals surface area (Å²) in [5, 5.41) is 2.35. The molecule has 0 fully saturated rings. The van der Waals surface area contributed by atoms with Crippen molar-refractivity contribution in [1.82, 2.24) is 15.3 Å². The van der Waals surface area contributed by atoms with E-state index in [-0.39, 0.29) is 6.54 Å². The van der Waals surface area contributed by atoms with Gasteiger partial charge in [-0.1, -0.05) is 0 Å². The summed E-state index contributed by atoms with van der Waals surface area (Å²) in [5.74, 6) is -2.35. The molecule has 0 aliphatic heterocycles.